The molecule has 0 spiro atoms. The van der Waals surface area contributed by atoms with Gasteiger partial charge < -0.3 is 15.8 Å². The van der Waals surface area contributed by atoms with Gasteiger partial charge in [0.1, 0.15) is 0 Å². The molecule has 6 heteroatoms. The fourth-order valence-electron chi connectivity index (χ4n) is 2.11. The number of unbranched alkanes of at least 4 members (excludes halogenated alkanes) is 2. The maximum absolute atomic E-state index is 11.8. The number of hydrogen-bond acceptors (Lipinski definition) is 3. The Kier molecular flexibility index (Phi) is 3.89. The minimum absolute atomic E-state index is 0.154. The molecule has 0 radical (unpaired) electrons. The Bertz CT molecular complexity index is 642. The van der Waals surface area contributed by atoms with Crippen LogP contribution in [0, 0.1) is 0 Å². The van der Waals surface area contributed by atoms with Gasteiger partial charge in [-0.3, -0.25) is 9.36 Å². The Balaban J connectivity index is 2.04. The van der Waals surface area contributed by atoms with Crippen LogP contribution in [0.2, 0.25) is 0 Å². The van der Waals surface area contributed by atoms with Crippen LogP contribution >= 0.6 is 0 Å². The predicted octanol–water partition coefficient (Wildman–Crippen LogP) is 1.56. The van der Waals surface area contributed by atoms with E-state index >= 15 is 0 Å². The molecule has 0 saturated heterocycles. The average molecular weight is 263 g/mol. The van der Waals surface area contributed by atoms with E-state index in [1.807, 2.05) is 0 Å². The molecule has 19 heavy (non-hydrogen) atoms. The molecule has 0 saturated carbocycles. The number of anilines is 1. The Morgan fingerprint density at radius 1 is 1.32 bits per heavy atom. The van der Waals surface area contributed by atoms with Crippen molar-refractivity contribution in [1.29, 1.82) is 0 Å². The van der Waals surface area contributed by atoms with E-state index in [1.54, 1.807) is 22.8 Å². The fourth-order valence-corrected chi connectivity index (χ4v) is 2.11. The van der Waals surface area contributed by atoms with Crippen molar-refractivity contribution in [3.05, 3.63) is 28.7 Å². The molecule has 1 aromatic heterocycles. The highest BCUT2D eigenvalue weighted by atomic mass is 16.4. The van der Waals surface area contributed by atoms with Crippen LogP contribution < -0.4 is 11.4 Å². The number of carboxylic acid groups (broad SMARTS) is 1. The van der Waals surface area contributed by atoms with Crippen molar-refractivity contribution >= 4 is 22.7 Å². The van der Waals surface area contributed by atoms with Crippen LogP contribution in [-0.2, 0) is 11.3 Å². The number of nitrogen functional groups attached to an aromatic ring is 1. The van der Waals surface area contributed by atoms with Gasteiger partial charge in [0.15, 0.2) is 0 Å². The lowest BCUT2D eigenvalue weighted by molar-refractivity contribution is -0.137. The highest BCUT2D eigenvalue weighted by molar-refractivity contribution is 5.78. The number of H-pyrrole nitrogens is 1. The minimum Gasteiger partial charge on any atom is -0.481 e. The number of carboxylic acids is 1. The summed E-state index contributed by atoms with van der Waals surface area (Å²) in [4.78, 5) is 24.9. The van der Waals surface area contributed by atoms with Crippen LogP contribution in [0.15, 0.2) is 23.0 Å². The maximum atomic E-state index is 11.8. The van der Waals surface area contributed by atoms with E-state index in [1.165, 1.54) is 0 Å². The Morgan fingerprint density at radius 2 is 2.11 bits per heavy atom. The summed E-state index contributed by atoms with van der Waals surface area (Å²) < 4.78 is 1.65. The normalized spacial score (nSPS) is 10.9. The molecule has 1 heterocycles. The van der Waals surface area contributed by atoms with Crippen LogP contribution in [0.25, 0.3) is 11.0 Å². The summed E-state index contributed by atoms with van der Waals surface area (Å²) in [6, 6.07) is 5.30. The van der Waals surface area contributed by atoms with Gasteiger partial charge in [-0.1, -0.05) is 6.42 Å². The first-order valence-corrected chi connectivity index (χ1v) is 6.28. The molecule has 4 N–H and O–H groups in total. The molecule has 0 aliphatic heterocycles. The number of benzene rings is 1. The molecular formula is C13H17N3O3. The zero-order chi connectivity index (χ0) is 13.8. The molecule has 0 aliphatic rings. The molecule has 0 fully saturated rings. The molecule has 6 nitrogen and oxygen atoms in total. The smallest absolute Gasteiger partial charge is 0.326 e. The molecule has 0 bridgehead atoms. The second kappa shape index (κ2) is 5.60. The number of aromatic amines is 1. The second-order valence-electron chi connectivity index (χ2n) is 4.56. The van der Waals surface area contributed by atoms with Crippen LogP contribution in [-0.4, -0.2) is 20.6 Å². The third-order valence-corrected chi connectivity index (χ3v) is 3.07. The van der Waals surface area contributed by atoms with E-state index in [0.29, 0.717) is 18.7 Å². The predicted molar refractivity (Wildman–Crippen MR) is 73.1 cm³/mol. The van der Waals surface area contributed by atoms with Gasteiger partial charge >= 0.3 is 11.7 Å². The SMILES string of the molecule is Nc1ccc2[nH]c(=O)n(CCCCCC(=O)O)c2c1. The van der Waals surface area contributed by atoms with Crippen molar-refractivity contribution in [2.24, 2.45) is 0 Å². The molecule has 0 aliphatic carbocycles. The molecule has 0 atom stereocenters. The van der Waals surface area contributed by atoms with E-state index < -0.39 is 5.97 Å². The quantitative estimate of drug-likeness (QED) is 0.543. The zero-order valence-electron chi connectivity index (χ0n) is 10.6. The highest BCUT2D eigenvalue weighted by Gasteiger charge is 2.06. The van der Waals surface area contributed by atoms with E-state index in [4.69, 9.17) is 10.8 Å². The lowest BCUT2D eigenvalue weighted by Crippen LogP contribution is -2.16. The van der Waals surface area contributed by atoms with Crippen LogP contribution in [0.1, 0.15) is 25.7 Å². The lowest BCUT2D eigenvalue weighted by atomic mass is 10.2. The van der Waals surface area contributed by atoms with Gasteiger partial charge in [0.2, 0.25) is 0 Å². The Hall–Kier alpha value is -2.24. The van der Waals surface area contributed by atoms with E-state index in [-0.39, 0.29) is 12.1 Å². The van der Waals surface area contributed by atoms with Gasteiger partial charge in [0.25, 0.3) is 0 Å². The number of nitrogens with one attached hydrogen (secondary N) is 1. The monoisotopic (exact) mass is 263 g/mol. The Labute approximate surface area is 109 Å². The van der Waals surface area contributed by atoms with E-state index in [2.05, 4.69) is 4.98 Å². The molecule has 0 amide bonds. The summed E-state index contributed by atoms with van der Waals surface area (Å²) in [5.74, 6) is -0.781. The van der Waals surface area contributed by atoms with Crippen molar-refractivity contribution < 1.29 is 9.90 Å². The first-order chi connectivity index (χ1) is 9.08. The van der Waals surface area contributed by atoms with Crippen molar-refractivity contribution in [3.8, 4) is 0 Å². The average Bonchev–Trinajstić information content (AvgIpc) is 2.65. The summed E-state index contributed by atoms with van der Waals surface area (Å²) >= 11 is 0. The van der Waals surface area contributed by atoms with E-state index in [9.17, 15) is 9.59 Å². The van der Waals surface area contributed by atoms with Gasteiger partial charge in [0, 0.05) is 18.7 Å². The third-order valence-electron chi connectivity index (χ3n) is 3.07. The second-order valence-corrected chi connectivity index (χ2v) is 4.56. The van der Waals surface area contributed by atoms with Crippen molar-refractivity contribution in [2.75, 3.05) is 5.73 Å². The molecule has 2 rings (SSSR count). The molecule has 2 aromatic rings. The highest BCUT2D eigenvalue weighted by Crippen LogP contribution is 2.15. The van der Waals surface area contributed by atoms with Gasteiger partial charge in [-0.05, 0) is 31.0 Å². The number of aliphatic carboxylic acids is 1. The summed E-state index contributed by atoms with van der Waals surface area (Å²) in [6.07, 6.45) is 2.37. The van der Waals surface area contributed by atoms with Crippen molar-refractivity contribution in [1.82, 2.24) is 9.55 Å². The standard InChI is InChI=1S/C13H17N3O3/c14-9-5-6-10-11(8-9)16(13(19)15-10)7-3-1-2-4-12(17)18/h5-6,8H,1-4,7,14H2,(H,15,19)(H,17,18). The first kappa shape index (κ1) is 13.2. The number of imidazole rings is 1. The first-order valence-electron chi connectivity index (χ1n) is 6.28. The number of aromatic nitrogens is 2. The van der Waals surface area contributed by atoms with Crippen LogP contribution in [0.3, 0.4) is 0 Å². The summed E-state index contributed by atoms with van der Waals surface area (Å²) in [5.41, 5.74) is 7.74. The molecule has 1 aromatic carbocycles. The summed E-state index contributed by atoms with van der Waals surface area (Å²) in [5, 5.41) is 8.54. The summed E-state index contributed by atoms with van der Waals surface area (Å²) in [7, 11) is 0. The fraction of sp³-hybridized carbons (Fsp3) is 0.385. The van der Waals surface area contributed by atoms with Crippen LogP contribution in [0.4, 0.5) is 5.69 Å². The number of nitrogens with two attached hydrogens (primary N) is 1. The molecular weight excluding hydrogens is 246 g/mol. The number of fused-ring (bicyclic) bond motifs is 1. The van der Waals surface area contributed by atoms with Gasteiger partial charge in [-0.2, -0.15) is 0 Å². The number of rotatable bonds is 6. The summed E-state index contributed by atoms with van der Waals surface area (Å²) in [6.45, 7) is 0.571. The maximum Gasteiger partial charge on any atom is 0.326 e. The number of hydrogen-bond donors (Lipinski definition) is 3. The Morgan fingerprint density at radius 3 is 2.84 bits per heavy atom. The lowest BCUT2D eigenvalue weighted by Gasteiger charge is -2.03. The minimum atomic E-state index is -0.781. The molecule has 102 valence electrons. The van der Waals surface area contributed by atoms with Gasteiger partial charge in [-0.25, -0.2) is 4.79 Å². The van der Waals surface area contributed by atoms with Crippen molar-refractivity contribution in [2.45, 2.75) is 32.2 Å². The number of nitrogens with zero attached hydrogens (tertiary/aromatic N) is 1. The third kappa shape index (κ3) is 3.15. The van der Waals surface area contributed by atoms with E-state index in [0.717, 1.165) is 23.9 Å². The number of aryl methyl sites for hydroxylation is 1. The van der Waals surface area contributed by atoms with Gasteiger partial charge in [0.05, 0.1) is 11.0 Å². The zero-order valence-corrected chi connectivity index (χ0v) is 10.6. The van der Waals surface area contributed by atoms with Crippen LogP contribution in [0.5, 0.6) is 0 Å². The van der Waals surface area contributed by atoms with Gasteiger partial charge in [-0.15, -0.1) is 0 Å². The largest absolute Gasteiger partial charge is 0.481 e. The number of carbonyl (C=O) groups is 1. The molecule has 0 unspecified atom stereocenters. The van der Waals surface area contributed by atoms with Crippen molar-refractivity contribution in [3.63, 3.8) is 0 Å². The topological polar surface area (TPSA) is 101 Å².